The number of benzene rings is 4. The maximum Gasteiger partial charge on any atom is 0.265 e. The molecule has 0 bridgehead atoms. The van der Waals surface area contributed by atoms with Crippen LogP contribution in [0.5, 0.6) is 11.5 Å². The van der Waals surface area contributed by atoms with Crippen LogP contribution in [0.15, 0.2) is 97.1 Å². The van der Waals surface area contributed by atoms with Gasteiger partial charge < -0.3 is 19.7 Å². The van der Waals surface area contributed by atoms with Gasteiger partial charge in [0.25, 0.3) is 11.8 Å². The smallest absolute Gasteiger partial charge is 0.265 e. The average Bonchev–Trinajstić information content (AvgIpc) is 2.97. The van der Waals surface area contributed by atoms with E-state index in [1.807, 2.05) is 59.5 Å². The fraction of sp³-hybridized carbons (Fsp3) is 0.212. The Labute approximate surface area is 229 Å². The summed E-state index contributed by atoms with van der Waals surface area (Å²) in [6.07, 6.45) is 0.0116. The molecule has 0 saturated heterocycles. The molecule has 6 heteroatoms. The minimum Gasteiger partial charge on any atom is -0.497 e. The number of hydrogen-bond donors (Lipinski definition) is 1. The molecule has 0 aliphatic carbocycles. The molecule has 1 heterocycles. The lowest BCUT2D eigenvalue weighted by Crippen LogP contribution is -2.40. The molecule has 0 fully saturated rings. The SMILES string of the molecule is COc1ccc(NC(=O)[C@H](C)Oc2ccc3c(c2)[C@@H](c2cccc(C)c2)N(C(=O)c2ccccc2)CC3)cc1. The third-order valence-electron chi connectivity index (χ3n) is 7.02. The molecule has 5 rings (SSSR count). The number of hydrogen-bond acceptors (Lipinski definition) is 4. The van der Waals surface area contributed by atoms with Gasteiger partial charge >= 0.3 is 0 Å². The third-order valence-corrected chi connectivity index (χ3v) is 7.02. The van der Waals surface area contributed by atoms with Gasteiger partial charge in [-0.2, -0.15) is 0 Å². The highest BCUT2D eigenvalue weighted by Crippen LogP contribution is 2.38. The van der Waals surface area contributed by atoms with Crippen LogP contribution in [0.2, 0.25) is 0 Å². The van der Waals surface area contributed by atoms with E-state index >= 15 is 0 Å². The molecule has 2 amide bonds. The fourth-order valence-electron chi connectivity index (χ4n) is 5.01. The van der Waals surface area contributed by atoms with Crippen LogP contribution in [0, 0.1) is 6.92 Å². The second kappa shape index (κ2) is 11.4. The van der Waals surface area contributed by atoms with Crippen molar-refractivity contribution in [3.63, 3.8) is 0 Å². The van der Waals surface area contributed by atoms with Crippen LogP contribution < -0.4 is 14.8 Å². The van der Waals surface area contributed by atoms with E-state index in [1.165, 1.54) is 5.56 Å². The Hall–Kier alpha value is -4.58. The number of carbonyl (C=O) groups excluding carboxylic acids is 2. The Morgan fingerprint density at radius 2 is 1.64 bits per heavy atom. The van der Waals surface area contributed by atoms with Crippen molar-refractivity contribution in [1.29, 1.82) is 0 Å². The summed E-state index contributed by atoms with van der Waals surface area (Å²) in [5.74, 6) is 1.03. The number of anilines is 1. The van der Waals surface area contributed by atoms with Crippen molar-refractivity contribution in [2.75, 3.05) is 19.0 Å². The van der Waals surface area contributed by atoms with Crippen molar-refractivity contribution in [1.82, 2.24) is 4.90 Å². The lowest BCUT2D eigenvalue weighted by Gasteiger charge is -2.38. The summed E-state index contributed by atoms with van der Waals surface area (Å²) in [5.41, 5.74) is 5.68. The van der Waals surface area contributed by atoms with E-state index in [0.29, 0.717) is 29.3 Å². The highest BCUT2D eigenvalue weighted by Gasteiger charge is 2.33. The normalized spacial score (nSPS) is 15.2. The standard InChI is InChI=1S/C33H32N2O4/c1-22-8-7-11-26(20-22)31-30-21-29(39-23(2)32(36)34-27-13-16-28(38-3)17-14-27)15-12-24(30)18-19-35(31)33(37)25-9-5-4-6-10-25/h4-17,20-21,23,31H,18-19H2,1-3H3,(H,34,36)/t23-,31+/m0/s1. The Bertz CT molecular complexity index is 1470. The van der Waals surface area contributed by atoms with Gasteiger partial charge in [-0.1, -0.05) is 54.1 Å². The molecule has 0 saturated carbocycles. The molecular formula is C33H32N2O4. The summed E-state index contributed by atoms with van der Waals surface area (Å²) in [6.45, 7) is 4.39. The van der Waals surface area contributed by atoms with Crippen LogP contribution >= 0.6 is 0 Å². The molecule has 4 aromatic carbocycles. The van der Waals surface area contributed by atoms with E-state index in [9.17, 15) is 9.59 Å². The fourth-order valence-corrected chi connectivity index (χ4v) is 5.01. The number of methoxy groups -OCH3 is 1. The summed E-state index contributed by atoms with van der Waals surface area (Å²) in [5, 5.41) is 2.88. The number of aryl methyl sites for hydroxylation is 1. The maximum absolute atomic E-state index is 13.7. The van der Waals surface area contributed by atoms with E-state index in [0.717, 1.165) is 23.1 Å². The van der Waals surface area contributed by atoms with Crippen molar-refractivity contribution in [2.24, 2.45) is 0 Å². The first kappa shape index (κ1) is 26.0. The molecule has 6 nitrogen and oxygen atoms in total. The molecule has 1 aliphatic heterocycles. The van der Waals surface area contributed by atoms with Gasteiger partial charge in [0, 0.05) is 17.8 Å². The Morgan fingerprint density at radius 1 is 0.897 bits per heavy atom. The average molecular weight is 521 g/mol. The number of carbonyl (C=O) groups is 2. The minimum atomic E-state index is -0.729. The first-order chi connectivity index (χ1) is 18.9. The lowest BCUT2D eigenvalue weighted by molar-refractivity contribution is -0.122. The number of ether oxygens (including phenoxy) is 2. The number of fused-ring (bicyclic) bond motifs is 1. The Morgan fingerprint density at radius 3 is 2.36 bits per heavy atom. The number of nitrogens with zero attached hydrogens (tertiary/aromatic N) is 1. The van der Waals surface area contributed by atoms with E-state index in [4.69, 9.17) is 9.47 Å². The molecule has 1 aliphatic rings. The summed E-state index contributed by atoms with van der Waals surface area (Å²) in [4.78, 5) is 28.5. The molecule has 0 radical (unpaired) electrons. The van der Waals surface area contributed by atoms with Crippen molar-refractivity contribution >= 4 is 17.5 Å². The van der Waals surface area contributed by atoms with Gasteiger partial charge in [0.1, 0.15) is 11.5 Å². The van der Waals surface area contributed by atoms with Crippen LogP contribution in [0.3, 0.4) is 0 Å². The van der Waals surface area contributed by atoms with Crippen LogP contribution in [-0.4, -0.2) is 36.5 Å². The predicted molar refractivity (Wildman–Crippen MR) is 152 cm³/mol. The summed E-state index contributed by atoms with van der Waals surface area (Å²) in [6, 6.07) is 30.5. The molecule has 0 aromatic heterocycles. The first-order valence-corrected chi connectivity index (χ1v) is 13.1. The minimum absolute atomic E-state index is 0.00804. The monoisotopic (exact) mass is 520 g/mol. The van der Waals surface area contributed by atoms with E-state index in [2.05, 4.69) is 30.4 Å². The lowest BCUT2D eigenvalue weighted by atomic mass is 9.87. The highest BCUT2D eigenvalue weighted by atomic mass is 16.5. The van der Waals surface area contributed by atoms with Gasteiger partial charge in [-0.3, -0.25) is 9.59 Å². The maximum atomic E-state index is 13.7. The van der Waals surface area contributed by atoms with Crippen molar-refractivity contribution in [3.8, 4) is 11.5 Å². The zero-order valence-corrected chi connectivity index (χ0v) is 22.4. The summed E-state index contributed by atoms with van der Waals surface area (Å²) in [7, 11) is 1.60. The largest absolute Gasteiger partial charge is 0.497 e. The predicted octanol–water partition coefficient (Wildman–Crippen LogP) is 6.20. The van der Waals surface area contributed by atoms with E-state index < -0.39 is 6.10 Å². The molecule has 2 atom stereocenters. The quantitative estimate of drug-likeness (QED) is 0.315. The van der Waals surface area contributed by atoms with Crippen LogP contribution in [-0.2, 0) is 11.2 Å². The molecule has 4 aromatic rings. The van der Waals surface area contributed by atoms with Gasteiger partial charge in [0.05, 0.1) is 13.2 Å². The van der Waals surface area contributed by atoms with Gasteiger partial charge in [0.15, 0.2) is 6.10 Å². The van der Waals surface area contributed by atoms with Gasteiger partial charge in [-0.15, -0.1) is 0 Å². The van der Waals surface area contributed by atoms with Crippen molar-refractivity contribution in [3.05, 3.63) is 125 Å². The number of nitrogens with one attached hydrogen (secondary N) is 1. The van der Waals surface area contributed by atoms with Crippen LogP contribution in [0.1, 0.15) is 45.6 Å². The molecular weight excluding hydrogens is 488 g/mol. The molecule has 198 valence electrons. The topological polar surface area (TPSA) is 67.9 Å². The second-order valence-corrected chi connectivity index (χ2v) is 9.77. The summed E-state index contributed by atoms with van der Waals surface area (Å²) < 4.78 is 11.3. The molecule has 1 N–H and O–H groups in total. The Kier molecular flexibility index (Phi) is 7.64. The highest BCUT2D eigenvalue weighted by molar-refractivity contribution is 5.95. The molecule has 39 heavy (non-hydrogen) atoms. The molecule has 0 unspecified atom stereocenters. The van der Waals surface area contributed by atoms with Crippen LogP contribution in [0.4, 0.5) is 5.69 Å². The van der Waals surface area contributed by atoms with E-state index in [1.54, 1.807) is 38.3 Å². The molecule has 0 spiro atoms. The summed E-state index contributed by atoms with van der Waals surface area (Å²) >= 11 is 0. The van der Waals surface area contributed by atoms with Gasteiger partial charge in [0.2, 0.25) is 0 Å². The van der Waals surface area contributed by atoms with Crippen molar-refractivity contribution < 1.29 is 19.1 Å². The number of amides is 2. The van der Waals surface area contributed by atoms with E-state index in [-0.39, 0.29) is 17.9 Å². The van der Waals surface area contributed by atoms with Gasteiger partial charge in [-0.25, -0.2) is 0 Å². The van der Waals surface area contributed by atoms with Crippen molar-refractivity contribution in [2.45, 2.75) is 32.4 Å². The first-order valence-electron chi connectivity index (χ1n) is 13.1. The van der Waals surface area contributed by atoms with Gasteiger partial charge in [-0.05, 0) is 85.5 Å². The zero-order valence-electron chi connectivity index (χ0n) is 22.4. The number of rotatable bonds is 7. The van der Waals surface area contributed by atoms with Crippen LogP contribution in [0.25, 0.3) is 0 Å². The Balaban J connectivity index is 1.42. The third kappa shape index (κ3) is 5.80. The second-order valence-electron chi connectivity index (χ2n) is 9.77. The zero-order chi connectivity index (χ0) is 27.4.